The summed E-state index contributed by atoms with van der Waals surface area (Å²) < 4.78 is 30.9. The van der Waals surface area contributed by atoms with E-state index in [4.69, 9.17) is 19.9 Å². The number of hydrogen-bond acceptors (Lipinski definition) is 6. The first-order valence-corrected chi connectivity index (χ1v) is 9.75. The van der Waals surface area contributed by atoms with E-state index in [1.165, 1.54) is 6.07 Å². The Hall–Kier alpha value is -2.38. The lowest BCUT2D eigenvalue weighted by Gasteiger charge is -2.31. The maximum Gasteiger partial charge on any atom is 0.237 e. The molecule has 0 bridgehead atoms. The molecule has 0 aliphatic carbocycles. The van der Waals surface area contributed by atoms with Gasteiger partial charge in [-0.05, 0) is 36.2 Å². The summed E-state index contributed by atoms with van der Waals surface area (Å²) in [6.07, 6.45) is 3.60. The number of aryl methyl sites for hydroxylation is 1. The molecule has 3 heterocycles. The van der Waals surface area contributed by atoms with Crippen LogP contribution in [0.5, 0.6) is 5.88 Å². The van der Waals surface area contributed by atoms with Crippen molar-refractivity contribution >= 4 is 11.4 Å². The van der Waals surface area contributed by atoms with Crippen molar-refractivity contribution < 1.29 is 18.6 Å². The highest BCUT2D eigenvalue weighted by Crippen LogP contribution is 2.35. The Bertz CT molecular complexity index is 834. The van der Waals surface area contributed by atoms with Crippen LogP contribution in [-0.4, -0.2) is 50.6 Å². The standard InChI is InChI=1S/C21H26FN3O3/c1-14-10-18(22)19(23)12-17(14)15-11-20(25-4-8-27-9-5-25)21(24-13-15)28-16-2-6-26-7-3-16/h10-13,16H,2-9,23H2,1H3. The molecule has 1 aromatic heterocycles. The third kappa shape index (κ3) is 4.05. The van der Waals surface area contributed by atoms with Crippen LogP contribution in [0, 0.1) is 12.7 Å². The van der Waals surface area contributed by atoms with Gasteiger partial charge in [0.15, 0.2) is 0 Å². The summed E-state index contributed by atoms with van der Waals surface area (Å²) >= 11 is 0. The molecule has 0 saturated carbocycles. The lowest BCUT2D eigenvalue weighted by Crippen LogP contribution is -2.37. The molecule has 2 saturated heterocycles. The van der Waals surface area contributed by atoms with Crippen molar-refractivity contribution in [2.24, 2.45) is 0 Å². The molecule has 6 nitrogen and oxygen atoms in total. The number of halogens is 1. The highest BCUT2D eigenvalue weighted by molar-refractivity contribution is 5.75. The second kappa shape index (κ2) is 8.32. The number of rotatable bonds is 4. The van der Waals surface area contributed by atoms with Crippen LogP contribution >= 0.6 is 0 Å². The largest absolute Gasteiger partial charge is 0.473 e. The van der Waals surface area contributed by atoms with E-state index in [0.29, 0.717) is 32.3 Å². The Kier molecular flexibility index (Phi) is 5.64. The number of nitrogens with two attached hydrogens (primary N) is 1. The van der Waals surface area contributed by atoms with Gasteiger partial charge in [-0.2, -0.15) is 0 Å². The predicted molar refractivity (Wildman–Crippen MR) is 106 cm³/mol. The normalized spacial score (nSPS) is 18.3. The molecule has 2 aromatic rings. The van der Waals surface area contributed by atoms with Crippen molar-refractivity contribution in [2.75, 3.05) is 50.2 Å². The van der Waals surface area contributed by atoms with Crippen molar-refractivity contribution in [1.29, 1.82) is 0 Å². The number of ether oxygens (including phenoxy) is 3. The van der Waals surface area contributed by atoms with Crippen LogP contribution in [0.4, 0.5) is 15.8 Å². The molecule has 28 heavy (non-hydrogen) atoms. The molecule has 0 atom stereocenters. The molecule has 2 fully saturated rings. The molecule has 4 rings (SSSR count). The van der Waals surface area contributed by atoms with Gasteiger partial charge in [-0.3, -0.25) is 0 Å². The average molecular weight is 387 g/mol. The average Bonchev–Trinajstić information content (AvgIpc) is 2.72. The number of pyridine rings is 1. The van der Waals surface area contributed by atoms with Crippen LogP contribution in [0.1, 0.15) is 18.4 Å². The molecule has 2 aliphatic rings. The van der Waals surface area contributed by atoms with Crippen molar-refractivity contribution in [3.63, 3.8) is 0 Å². The van der Waals surface area contributed by atoms with Crippen LogP contribution in [0.3, 0.4) is 0 Å². The maximum atomic E-state index is 13.8. The van der Waals surface area contributed by atoms with Crippen LogP contribution < -0.4 is 15.4 Å². The van der Waals surface area contributed by atoms with Crippen LogP contribution in [0.2, 0.25) is 0 Å². The smallest absolute Gasteiger partial charge is 0.237 e. The van der Waals surface area contributed by atoms with Gasteiger partial charge in [0.05, 0.1) is 32.1 Å². The minimum absolute atomic E-state index is 0.107. The topological polar surface area (TPSA) is 69.8 Å². The number of anilines is 2. The van der Waals surface area contributed by atoms with Gasteiger partial charge < -0.3 is 24.8 Å². The summed E-state index contributed by atoms with van der Waals surface area (Å²) in [6.45, 7) is 6.19. The quantitative estimate of drug-likeness (QED) is 0.813. The van der Waals surface area contributed by atoms with Gasteiger partial charge >= 0.3 is 0 Å². The number of aromatic nitrogens is 1. The highest BCUT2D eigenvalue weighted by Gasteiger charge is 2.22. The van der Waals surface area contributed by atoms with E-state index in [1.807, 2.05) is 6.92 Å². The number of nitrogens with zero attached hydrogens (tertiary/aromatic N) is 2. The van der Waals surface area contributed by atoms with Crippen LogP contribution in [-0.2, 0) is 9.47 Å². The first-order valence-electron chi connectivity index (χ1n) is 9.75. The van der Waals surface area contributed by atoms with E-state index in [1.54, 1.807) is 12.3 Å². The molecule has 0 unspecified atom stereocenters. The summed E-state index contributed by atoms with van der Waals surface area (Å²) in [5.41, 5.74) is 9.46. The fraction of sp³-hybridized carbons (Fsp3) is 0.476. The van der Waals surface area contributed by atoms with Crippen molar-refractivity contribution in [1.82, 2.24) is 4.98 Å². The minimum atomic E-state index is -0.401. The Morgan fingerprint density at radius 2 is 1.82 bits per heavy atom. The molecule has 0 amide bonds. The molecule has 2 N–H and O–H groups in total. The summed E-state index contributed by atoms with van der Waals surface area (Å²) in [6, 6.07) is 5.20. The van der Waals surface area contributed by atoms with Gasteiger partial charge in [0.25, 0.3) is 0 Å². The van der Waals surface area contributed by atoms with Gasteiger partial charge in [-0.1, -0.05) is 0 Å². The van der Waals surface area contributed by atoms with Crippen LogP contribution in [0.25, 0.3) is 11.1 Å². The monoisotopic (exact) mass is 387 g/mol. The van der Waals surface area contributed by atoms with Crippen molar-refractivity contribution in [3.8, 4) is 17.0 Å². The number of nitrogen functional groups attached to an aromatic ring is 1. The van der Waals surface area contributed by atoms with E-state index in [0.717, 1.165) is 48.3 Å². The third-order valence-electron chi connectivity index (χ3n) is 5.29. The number of morpholine rings is 1. The molecule has 1 aromatic carbocycles. The molecule has 7 heteroatoms. The SMILES string of the molecule is Cc1cc(F)c(N)cc1-c1cnc(OC2CCOCC2)c(N2CCOCC2)c1. The molecular weight excluding hydrogens is 361 g/mol. The first kappa shape index (κ1) is 19.0. The Labute approximate surface area is 164 Å². The van der Waals surface area contributed by atoms with Gasteiger partial charge in [-0.25, -0.2) is 9.37 Å². The van der Waals surface area contributed by atoms with Crippen molar-refractivity contribution in [2.45, 2.75) is 25.9 Å². The Morgan fingerprint density at radius 1 is 1.11 bits per heavy atom. The maximum absolute atomic E-state index is 13.8. The molecule has 2 aliphatic heterocycles. The zero-order valence-corrected chi connectivity index (χ0v) is 16.1. The second-order valence-corrected chi connectivity index (χ2v) is 7.27. The lowest BCUT2D eigenvalue weighted by molar-refractivity contribution is 0.0238. The fourth-order valence-corrected chi connectivity index (χ4v) is 3.66. The van der Waals surface area contributed by atoms with Crippen LogP contribution in [0.15, 0.2) is 24.4 Å². The Balaban J connectivity index is 1.70. The van der Waals surface area contributed by atoms with E-state index in [-0.39, 0.29) is 11.8 Å². The van der Waals surface area contributed by atoms with Gasteiger partial charge in [0, 0.05) is 37.7 Å². The highest BCUT2D eigenvalue weighted by atomic mass is 19.1. The lowest BCUT2D eigenvalue weighted by atomic mass is 10.0. The van der Waals surface area contributed by atoms with E-state index < -0.39 is 5.82 Å². The van der Waals surface area contributed by atoms with E-state index in [9.17, 15) is 4.39 Å². The zero-order chi connectivity index (χ0) is 19.5. The summed E-state index contributed by atoms with van der Waals surface area (Å²) in [5.74, 6) is 0.229. The third-order valence-corrected chi connectivity index (χ3v) is 5.29. The van der Waals surface area contributed by atoms with E-state index >= 15 is 0 Å². The fourth-order valence-electron chi connectivity index (χ4n) is 3.66. The van der Waals surface area contributed by atoms with Gasteiger partial charge in [0.1, 0.15) is 17.6 Å². The minimum Gasteiger partial charge on any atom is -0.473 e. The molecule has 0 spiro atoms. The van der Waals surface area contributed by atoms with E-state index in [2.05, 4.69) is 16.0 Å². The second-order valence-electron chi connectivity index (χ2n) is 7.27. The summed E-state index contributed by atoms with van der Waals surface area (Å²) in [7, 11) is 0. The predicted octanol–water partition coefficient (Wildman–Crippen LogP) is 3.17. The van der Waals surface area contributed by atoms with Gasteiger partial charge in [-0.15, -0.1) is 0 Å². The molecule has 0 radical (unpaired) electrons. The van der Waals surface area contributed by atoms with Crippen molar-refractivity contribution in [3.05, 3.63) is 35.8 Å². The zero-order valence-electron chi connectivity index (χ0n) is 16.1. The number of hydrogen-bond donors (Lipinski definition) is 1. The first-order chi connectivity index (χ1) is 13.6. The van der Waals surface area contributed by atoms with Gasteiger partial charge in [0.2, 0.25) is 5.88 Å². The summed E-state index contributed by atoms with van der Waals surface area (Å²) in [4.78, 5) is 6.87. The molecule has 150 valence electrons. The molecular formula is C21H26FN3O3. The Morgan fingerprint density at radius 3 is 2.57 bits per heavy atom. The summed E-state index contributed by atoms with van der Waals surface area (Å²) in [5, 5.41) is 0. The number of benzene rings is 1.